The summed E-state index contributed by atoms with van der Waals surface area (Å²) in [6.45, 7) is 0. The molecule has 0 bridgehead atoms. The van der Waals surface area contributed by atoms with Crippen molar-refractivity contribution in [2.45, 2.75) is 0 Å². The van der Waals surface area contributed by atoms with Gasteiger partial charge in [0.25, 0.3) is 0 Å². The normalized spacial score (nSPS) is 8.30. The first-order valence-electron chi connectivity index (χ1n) is 2.33. The average molecular weight is 197 g/mol. The van der Waals surface area contributed by atoms with Crippen molar-refractivity contribution in [2.24, 2.45) is 0 Å². The second-order valence-electron chi connectivity index (χ2n) is 1.47. The molecule has 0 aliphatic carbocycles. The molecule has 1 aromatic rings. The molecule has 0 amide bonds. The predicted molar refractivity (Wildman–Crippen MR) is 35.7 cm³/mol. The molecule has 10 heavy (non-hydrogen) atoms. The minimum Gasteiger partial charge on any atom is -0.226 e. The minimum atomic E-state index is 0.0920. The fourth-order valence-electron chi connectivity index (χ4n) is 0.507. The van der Waals surface area contributed by atoms with Crippen LogP contribution in [0.2, 0.25) is 0 Å². The molecule has 1 aromatic heterocycles. The Morgan fingerprint density at radius 2 is 2.30 bits per heavy atom. The van der Waals surface area contributed by atoms with Gasteiger partial charge in [0.2, 0.25) is 5.82 Å². The average Bonchev–Trinajstić information content (AvgIpc) is 2.30. The molecule has 0 saturated heterocycles. The van der Waals surface area contributed by atoms with Crippen LogP contribution in [0.5, 0.6) is 0 Å². The van der Waals surface area contributed by atoms with E-state index in [1.807, 2.05) is 0 Å². The number of rotatable bonds is 0. The van der Waals surface area contributed by atoms with Gasteiger partial charge in [-0.05, 0) is 15.9 Å². The Morgan fingerprint density at radius 3 is 2.70 bits per heavy atom. The monoisotopic (exact) mass is 196 g/mol. The van der Waals surface area contributed by atoms with Gasteiger partial charge in [-0.1, -0.05) is 0 Å². The summed E-state index contributed by atoms with van der Waals surface area (Å²) in [6, 6.07) is 1.77. The van der Waals surface area contributed by atoms with Crippen molar-refractivity contribution in [3.63, 3.8) is 0 Å². The van der Waals surface area contributed by atoms with Gasteiger partial charge in [0.05, 0.1) is 6.20 Å². The number of imidazole rings is 1. The molecule has 0 fully saturated rings. The molecule has 0 N–H and O–H groups in total. The summed E-state index contributed by atoms with van der Waals surface area (Å²) in [5.74, 6) is 0.0920. The van der Waals surface area contributed by atoms with Crippen molar-refractivity contribution in [1.29, 1.82) is 10.5 Å². The van der Waals surface area contributed by atoms with Crippen molar-refractivity contribution in [3.8, 4) is 12.3 Å². The third-order valence-corrected chi connectivity index (χ3v) is 1.27. The number of halogens is 1. The van der Waals surface area contributed by atoms with Gasteiger partial charge in [0.1, 0.15) is 10.7 Å². The molecule has 4 nitrogen and oxygen atoms in total. The lowest BCUT2D eigenvalue weighted by atomic mass is 10.7. The van der Waals surface area contributed by atoms with E-state index in [4.69, 9.17) is 10.5 Å². The summed E-state index contributed by atoms with van der Waals surface area (Å²) in [4.78, 5) is 3.70. The van der Waals surface area contributed by atoms with Crippen molar-refractivity contribution >= 4 is 15.9 Å². The fourth-order valence-corrected chi connectivity index (χ4v) is 0.879. The van der Waals surface area contributed by atoms with Gasteiger partial charge in [-0.3, -0.25) is 0 Å². The first-order chi connectivity index (χ1) is 4.77. The largest absolute Gasteiger partial charge is 0.227 e. The molecule has 0 aromatic carbocycles. The summed E-state index contributed by atoms with van der Waals surface area (Å²) in [6.07, 6.45) is 3.20. The van der Waals surface area contributed by atoms with E-state index < -0.39 is 0 Å². The van der Waals surface area contributed by atoms with E-state index in [2.05, 4.69) is 20.9 Å². The number of nitriles is 2. The van der Waals surface area contributed by atoms with Gasteiger partial charge in [-0.2, -0.15) is 10.5 Å². The molecule has 1 rings (SSSR count). The molecule has 0 radical (unpaired) electrons. The molecule has 0 spiro atoms. The van der Waals surface area contributed by atoms with E-state index in [1.165, 1.54) is 6.20 Å². The Balaban J connectivity index is 3.28. The maximum Gasteiger partial charge on any atom is 0.227 e. The highest BCUT2D eigenvalue weighted by molar-refractivity contribution is 9.10. The third-order valence-electron chi connectivity index (χ3n) is 0.884. The van der Waals surface area contributed by atoms with Crippen LogP contribution in [0.4, 0.5) is 0 Å². The summed E-state index contributed by atoms with van der Waals surface area (Å²) in [5, 5.41) is 16.7. The number of aromatic nitrogens is 2. The highest BCUT2D eigenvalue weighted by Crippen LogP contribution is 2.06. The Labute approximate surface area is 65.5 Å². The zero-order valence-corrected chi connectivity index (χ0v) is 6.33. The van der Waals surface area contributed by atoms with Crippen LogP contribution in [0.3, 0.4) is 0 Å². The van der Waals surface area contributed by atoms with Crippen LogP contribution in [0, 0.1) is 22.8 Å². The quantitative estimate of drug-likeness (QED) is 0.618. The number of nitrogens with zero attached hydrogens (tertiary/aromatic N) is 4. The van der Waals surface area contributed by atoms with Crippen LogP contribution in [-0.2, 0) is 0 Å². The van der Waals surface area contributed by atoms with Gasteiger partial charge >= 0.3 is 0 Å². The molecule has 0 unspecified atom stereocenters. The van der Waals surface area contributed by atoms with Gasteiger partial charge in [-0.15, -0.1) is 0 Å². The first kappa shape index (κ1) is 6.79. The van der Waals surface area contributed by atoms with Crippen LogP contribution >= 0.6 is 15.9 Å². The Morgan fingerprint density at radius 1 is 1.60 bits per heavy atom. The van der Waals surface area contributed by atoms with Gasteiger partial charge in [-0.25, -0.2) is 9.55 Å². The van der Waals surface area contributed by atoms with E-state index in [1.54, 1.807) is 12.3 Å². The van der Waals surface area contributed by atoms with Crippen LogP contribution in [-0.4, -0.2) is 9.55 Å². The second kappa shape index (κ2) is 2.51. The predicted octanol–water partition coefficient (Wildman–Crippen LogP) is 0.846. The number of hydrogen-bond acceptors (Lipinski definition) is 3. The molecular weight excluding hydrogens is 196 g/mol. The van der Waals surface area contributed by atoms with Crippen LogP contribution in [0.25, 0.3) is 0 Å². The highest BCUT2D eigenvalue weighted by Gasteiger charge is 2.02. The SMILES string of the molecule is N#Cc1nc(Br)cn1C#N. The first-order valence-corrected chi connectivity index (χ1v) is 3.12. The summed E-state index contributed by atoms with van der Waals surface area (Å²) >= 11 is 3.03. The molecular formula is C5HBrN4. The number of hydrogen-bond donors (Lipinski definition) is 0. The van der Waals surface area contributed by atoms with Crippen molar-refractivity contribution in [3.05, 3.63) is 16.6 Å². The zero-order valence-electron chi connectivity index (χ0n) is 4.74. The molecule has 0 atom stereocenters. The topological polar surface area (TPSA) is 65.4 Å². The standard InChI is InChI=1S/C5HBrN4/c6-4-2-10(3-8)5(1-7)9-4/h2H. The van der Waals surface area contributed by atoms with E-state index in [-0.39, 0.29) is 5.82 Å². The summed E-state index contributed by atoms with van der Waals surface area (Å²) in [5.41, 5.74) is 0. The lowest BCUT2D eigenvalue weighted by Gasteiger charge is -1.80. The van der Waals surface area contributed by atoms with Crippen LogP contribution in [0.1, 0.15) is 5.82 Å². The third kappa shape index (κ3) is 0.996. The maximum atomic E-state index is 8.36. The lowest BCUT2D eigenvalue weighted by Crippen LogP contribution is -1.89. The molecule has 0 aliphatic rings. The molecule has 5 heteroatoms. The molecule has 0 saturated carbocycles. The Kier molecular flexibility index (Phi) is 1.70. The molecule has 1 heterocycles. The van der Waals surface area contributed by atoms with Crippen molar-refractivity contribution in [1.82, 2.24) is 9.55 Å². The van der Waals surface area contributed by atoms with E-state index in [0.29, 0.717) is 4.60 Å². The smallest absolute Gasteiger partial charge is 0.226 e. The molecule has 0 aliphatic heterocycles. The minimum absolute atomic E-state index is 0.0920. The second-order valence-corrected chi connectivity index (χ2v) is 2.28. The summed E-state index contributed by atoms with van der Waals surface area (Å²) < 4.78 is 1.58. The fraction of sp³-hybridized carbons (Fsp3) is 0. The van der Waals surface area contributed by atoms with E-state index in [9.17, 15) is 0 Å². The Bertz CT molecular complexity index is 295. The van der Waals surface area contributed by atoms with Gasteiger partial charge in [0, 0.05) is 0 Å². The highest BCUT2D eigenvalue weighted by atomic mass is 79.9. The van der Waals surface area contributed by atoms with Crippen molar-refractivity contribution in [2.75, 3.05) is 0 Å². The Hall–Kier alpha value is -1.33. The van der Waals surface area contributed by atoms with E-state index in [0.717, 1.165) is 4.57 Å². The van der Waals surface area contributed by atoms with Gasteiger partial charge in [0.15, 0.2) is 6.19 Å². The van der Waals surface area contributed by atoms with Crippen LogP contribution in [0.15, 0.2) is 10.8 Å². The van der Waals surface area contributed by atoms with E-state index >= 15 is 0 Å². The van der Waals surface area contributed by atoms with Crippen LogP contribution < -0.4 is 0 Å². The van der Waals surface area contributed by atoms with Gasteiger partial charge < -0.3 is 0 Å². The molecule has 48 valence electrons. The van der Waals surface area contributed by atoms with Crippen molar-refractivity contribution < 1.29 is 0 Å². The lowest BCUT2D eigenvalue weighted by molar-refractivity contribution is 1.04. The summed E-state index contributed by atoms with van der Waals surface area (Å²) in [7, 11) is 0. The zero-order chi connectivity index (χ0) is 7.56. The maximum absolute atomic E-state index is 8.36.